The zero-order chi connectivity index (χ0) is 12.1. The van der Waals surface area contributed by atoms with Crippen LogP contribution in [-0.2, 0) is 0 Å². The maximum Gasteiger partial charge on any atom is -0.0277 e. The van der Waals surface area contributed by atoms with Gasteiger partial charge in [0.25, 0.3) is 0 Å². The molecule has 0 heteroatoms. The van der Waals surface area contributed by atoms with Crippen LogP contribution in [0.1, 0.15) is 80.6 Å². The molecule has 0 rings (SSSR count). The molecule has 15 heavy (non-hydrogen) atoms. The Morgan fingerprint density at radius 1 is 0.800 bits per heavy atom. The van der Waals surface area contributed by atoms with E-state index in [-0.39, 0.29) is 0 Å². The van der Waals surface area contributed by atoms with Gasteiger partial charge in [-0.25, -0.2) is 0 Å². The minimum Gasteiger partial charge on any atom is -0.0654 e. The van der Waals surface area contributed by atoms with Crippen molar-refractivity contribution in [2.45, 2.75) is 80.6 Å². The Hall–Kier alpha value is 0. The second-order valence-electron chi connectivity index (χ2n) is 6.60. The van der Waals surface area contributed by atoms with Crippen LogP contribution in [0, 0.1) is 16.7 Å². The molecule has 0 nitrogen and oxygen atoms in total. The fourth-order valence-electron chi connectivity index (χ4n) is 2.28. The molecule has 0 aromatic rings. The molecule has 1 atom stereocenters. The summed E-state index contributed by atoms with van der Waals surface area (Å²) in [4.78, 5) is 0. The van der Waals surface area contributed by atoms with Crippen LogP contribution in [0.5, 0.6) is 0 Å². The highest BCUT2D eigenvalue weighted by atomic mass is 14.4. The van der Waals surface area contributed by atoms with Crippen molar-refractivity contribution >= 4 is 0 Å². The molecule has 0 aliphatic heterocycles. The van der Waals surface area contributed by atoms with Crippen molar-refractivity contribution in [3.05, 3.63) is 0 Å². The lowest BCUT2D eigenvalue weighted by atomic mass is 9.60. The molecule has 0 radical (unpaired) electrons. The standard InChI is InChI=1S/C15H32/c1-8-10-12-13(11-9-2)15(6,7)14(3,4)5/h13H,8-12H2,1-7H3. The normalized spacial score (nSPS) is 15.4. The van der Waals surface area contributed by atoms with Gasteiger partial charge in [0, 0.05) is 0 Å². The Kier molecular flexibility index (Phi) is 5.92. The zero-order valence-corrected chi connectivity index (χ0v) is 12.1. The van der Waals surface area contributed by atoms with Gasteiger partial charge in [-0.3, -0.25) is 0 Å². The lowest BCUT2D eigenvalue weighted by Gasteiger charge is -2.45. The zero-order valence-electron chi connectivity index (χ0n) is 12.1. The van der Waals surface area contributed by atoms with Crippen LogP contribution in [0.4, 0.5) is 0 Å². The predicted molar refractivity (Wildman–Crippen MR) is 71.2 cm³/mol. The van der Waals surface area contributed by atoms with Crippen LogP contribution in [-0.4, -0.2) is 0 Å². The van der Waals surface area contributed by atoms with Crippen molar-refractivity contribution in [2.24, 2.45) is 16.7 Å². The summed E-state index contributed by atoms with van der Waals surface area (Å²) in [5.74, 6) is 0.891. The summed E-state index contributed by atoms with van der Waals surface area (Å²) in [7, 11) is 0. The fourth-order valence-corrected chi connectivity index (χ4v) is 2.28. The minimum atomic E-state index is 0.417. The maximum absolute atomic E-state index is 2.46. The summed E-state index contributed by atoms with van der Waals surface area (Å²) in [5, 5.41) is 0. The molecule has 0 aromatic heterocycles. The molecule has 1 unspecified atom stereocenters. The van der Waals surface area contributed by atoms with Crippen LogP contribution >= 0.6 is 0 Å². The first kappa shape index (κ1) is 15.0. The van der Waals surface area contributed by atoms with Gasteiger partial charge in [-0.1, -0.05) is 74.1 Å². The third-order valence-corrected chi connectivity index (χ3v) is 4.50. The van der Waals surface area contributed by atoms with E-state index in [9.17, 15) is 0 Å². The summed E-state index contributed by atoms with van der Waals surface area (Å²) < 4.78 is 0. The van der Waals surface area contributed by atoms with Crippen LogP contribution in [0.3, 0.4) is 0 Å². The molecule has 0 bridgehead atoms. The molecule has 0 fully saturated rings. The first-order chi connectivity index (χ1) is 6.77. The second kappa shape index (κ2) is 5.92. The number of hydrogen-bond donors (Lipinski definition) is 0. The van der Waals surface area contributed by atoms with Crippen molar-refractivity contribution in [2.75, 3.05) is 0 Å². The largest absolute Gasteiger partial charge is 0.0654 e. The SMILES string of the molecule is CCCCC(CCC)C(C)(C)C(C)(C)C. The highest BCUT2D eigenvalue weighted by molar-refractivity contribution is 4.88. The van der Waals surface area contributed by atoms with E-state index in [4.69, 9.17) is 0 Å². The van der Waals surface area contributed by atoms with Gasteiger partial charge in [0.1, 0.15) is 0 Å². The minimum absolute atomic E-state index is 0.417. The van der Waals surface area contributed by atoms with E-state index in [1.807, 2.05) is 0 Å². The average Bonchev–Trinajstić information content (AvgIpc) is 2.10. The molecule has 0 saturated heterocycles. The van der Waals surface area contributed by atoms with Gasteiger partial charge in [-0.15, -0.1) is 0 Å². The molecule has 0 aliphatic carbocycles. The Balaban J connectivity index is 4.58. The Labute approximate surface area is 97.8 Å². The van der Waals surface area contributed by atoms with Crippen molar-refractivity contribution < 1.29 is 0 Å². The molecule has 0 N–H and O–H groups in total. The summed E-state index contributed by atoms with van der Waals surface area (Å²) in [6, 6.07) is 0. The fraction of sp³-hybridized carbons (Fsp3) is 1.00. The Bertz CT molecular complexity index is 159. The van der Waals surface area contributed by atoms with Gasteiger partial charge in [0.2, 0.25) is 0 Å². The van der Waals surface area contributed by atoms with Crippen molar-refractivity contribution in [1.29, 1.82) is 0 Å². The number of rotatable bonds is 6. The highest BCUT2D eigenvalue weighted by Crippen LogP contribution is 2.47. The molecular weight excluding hydrogens is 180 g/mol. The summed E-state index contributed by atoms with van der Waals surface area (Å²) >= 11 is 0. The maximum atomic E-state index is 2.46. The van der Waals surface area contributed by atoms with Gasteiger partial charge >= 0.3 is 0 Å². The van der Waals surface area contributed by atoms with Crippen LogP contribution in [0.2, 0.25) is 0 Å². The first-order valence-electron chi connectivity index (χ1n) is 6.77. The smallest absolute Gasteiger partial charge is 0.0277 e. The van der Waals surface area contributed by atoms with E-state index < -0.39 is 0 Å². The summed E-state index contributed by atoms with van der Waals surface area (Å²) in [5.41, 5.74) is 0.874. The Morgan fingerprint density at radius 2 is 1.33 bits per heavy atom. The van der Waals surface area contributed by atoms with Crippen molar-refractivity contribution in [3.8, 4) is 0 Å². The van der Waals surface area contributed by atoms with Crippen LogP contribution in [0.25, 0.3) is 0 Å². The third-order valence-electron chi connectivity index (χ3n) is 4.50. The first-order valence-corrected chi connectivity index (χ1v) is 6.77. The van der Waals surface area contributed by atoms with E-state index >= 15 is 0 Å². The van der Waals surface area contributed by atoms with E-state index in [2.05, 4.69) is 48.5 Å². The quantitative estimate of drug-likeness (QED) is 0.532. The Morgan fingerprint density at radius 3 is 1.67 bits per heavy atom. The van der Waals surface area contributed by atoms with Gasteiger partial charge in [-0.05, 0) is 23.2 Å². The van der Waals surface area contributed by atoms with Crippen LogP contribution in [0.15, 0.2) is 0 Å². The second-order valence-corrected chi connectivity index (χ2v) is 6.60. The van der Waals surface area contributed by atoms with Gasteiger partial charge in [0.05, 0.1) is 0 Å². The van der Waals surface area contributed by atoms with Crippen LogP contribution < -0.4 is 0 Å². The monoisotopic (exact) mass is 212 g/mol. The molecule has 0 spiro atoms. The number of unbranched alkanes of at least 4 members (excludes halogenated alkanes) is 1. The summed E-state index contributed by atoms with van der Waals surface area (Å²) in [6.45, 7) is 16.7. The third kappa shape index (κ3) is 4.17. The molecule has 0 amide bonds. The van der Waals surface area contributed by atoms with E-state index in [1.165, 1.54) is 32.1 Å². The predicted octanol–water partition coefficient (Wildman–Crippen LogP) is 5.67. The van der Waals surface area contributed by atoms with E-state index in [1.54, 1.807) is 0 Å². The van der Waals surface area contributed by atoms with E-state index in [0.29, 0.717) is 10.8 Å². The molecule has 0 saturated carbocycles. The molecular formula is C15H32. The molecule has 0 heterocycles. The number of hydrogen-bond acceptors (Lipinski definition) is 0. The van der Waals surface area contributed by atoms with Gasteiger partial charge in [-0.2, -0.15) is 0 Å². The molecule has 0 aromatic carbocycles. The molecule has 92 valence electrons. The summed E-state index contributed by atoms with van der Waals surface area (Å²) in [6.07, 6.45) is 6.86. The lowest BCUT2D eigenvalue weighted by Crippen LogP contribution is -2.37. The van der Waals surface area contributed by atoms with Crippen molar-refractivity contribution in [1.82, 2.24) is 0 Å². The highest BCUT2D eigenvalue weighted by Gasteiger charge is 2.38. The van der Waals surface area contributed by atoms with E-state index in [0.717, 1.165) is 5.92 Å². The average molecular weight is 212 g/mol. The molecule has 0 aliphatic rings. The topological polar surface area (TPSA) is 0 Å². The lowest BCUT2D eigenvalue weighted by molar-refractivity contribution is 0.0424. The van der Waals surface area contributed by atoms with Gasteiger partial charge < -0.3 is 0 Å². The van der Waals surface area contributed by atoms with Gasteiger partial charge in [0.15, 0.2) is 0 Å². The van der Waals surface area contributed by atoms with Crippen molar-refractivity contribution in [3.63, 3.8) is 0 Å².